The number of hydrazine groups is 1. The molecule has 0 radical (unpaired) electrons. The fraction of sp³-hybridized carbons (Fsp3) is 0.118. The molecule has 0 bridgehead atoms. The van der Waals surface area contributed by atoms with Gasteiger partial charge in [-0.3, -0.25) is 0 Å². The van der Waals surface area contributed by atoms with Crippen molar-refractivity contribution >= 4 is 23.3 Å². The third-order valence-corrected chi connectivity index (χ3v) is 3.72. The molecule has 1 aliphatic rings. The molecule has 3 rings (SSSR count). The molecular weight excluding hydrogens is 316 g/mol. The minimum absolute atomic E-state index is 0.402. The maximum absolute atomic E-state index is 12.2. The molecule has 1 N–H and O–H groups in total. The SMILES string of the molecule is Cc1cc(OC(=O)c2ccc(CCl)cc2)ccc1N1C=CON1. The van der Waals surface area contributed by atoms with Crippen LogP contribution in [0.15, 0.2) is 54.9 Å². The second-order valence-corrected chi connectivity index (χ2v) is 5.30. The monoisotopic (exact) mass is 330 g/mol. The lowest BCUT2D eigenvalue weighted by Crippen LogP contribution is -2.27. The Kier molecular flexibility index (Phi) is 4.50. The van der Waals surface area contributed by atoms with Crippen LogP contribution >= 0.6 is 11.6 Å². The number of benzene rings is 2. The molecule has 1 aliphatic heterocycles. The van der Waals surface area contributed by atoms with Crippen LogP contribution in [0.3, 0.4) is 0 Å². The number of anilines is 1. The van der Waals surface area contributed by atoms with E-state index in [1.165, 1.54) is 6.26 Å². The number of carbonyl (C=O) groups is 1. The number of nitrogens with one attached hydrogen (secondary N) is 1. The summed E-state index contributed by atoms with van der Waals surface area (Å²) in [4.78, 5) is 17.1. The molecule has 0 atom stereocenters. The van der Waals surface area contributed by atoms with E-state index in [2.05, 4.69) is 5.59 Å². The smallest absolute Gasteiger partial charge is 0.343 e. The Morgan fingerprint density at radius 3 is 2.65 bits per heavy atom. The zero-order chi connectivity index (χ0) is 16.2. The largest absolute Gasteiger partial charge is 0.423 e. The lowest BCUT2D eigenvalue weighted by atomic mass is 10.1. The van der Waals surface area contributed by atoms with Gasteiger partial charge in [0.2, 0.25) is 0 Å². The summed E-state index contributed by atoms with van der Waals surface area (Å²) in [6.45, 7) is 1.93. The van der Waals surface area contributed by atoms with Crippen molar-refractivity contribution in [3.8, 4) is 5.75 Å². The Labute approximate surface area is 139 Å². The third kappa shape index (κ3) is 3.47. The Bertz CT molecular complexity index is 744. The van der Waals surface area contributed by atoms with Gasteiger partial charge in [-0.05, 0) is 48.4 Å². The van der Waals surface area contributed by atoms with E-state index in [9.17, 15) is 4.79 Å². The van der Waals surface area contributed by atoms with Gasteiger partial charge in [0.1, 0.15) is 12.0 Å². The van der Waals surface area contributed by atoms with Crippen LogP contribution in [0.2, 0.25) is 0 Å². The summed E-state index contributed by atoms with van der Waals surface area (Å²) in [7, 11) is 0. The number of carbonyl (C=O) groups excluding carboxylic acids is 1. The average molecular weight is 331 g/mol. The highest BCUT2D eigenvalue weighted by molar-refractivity contribution is 6.17. The summed E-state index contributed by atoms with van der Waals surface area (Å²) in [5, 5.41) is 1.73. The van der Waals surface area contributed by atoms with Crippen LogP contribution < -0.4 is 15.3 Å². The highest BCUT2D eigenvalue weighted by Gasteiger charge is 2.13. The predicted molar refractivity (Wildman–Crippen MR) is 88.0 cm³/mol. The molecule has 2 aromatic carbocycles. The molecule has 0 unspecified atom stereocenters. The Morgan fingerprint density at radius 1 is 1.26 bits per heavy atom. The maximum Gasteiger partial charge on any atom is 0.343 e. The molecule has 23 heavy (non-hydrogen) atoms. The number of esters is 1. The van der Waals surface area contributed by atoms with Gasteiger partial charge in [0.15, 0.2) is 0 Å². The summed E-state index contributed by atoms with van der Waals surface area (Å²) in [5.74, 6) is 0.501. The van der Waals surface area contributed by atoms with Crippen molar-refractivity contribution < 1.29 is 14.4 Å². The first-order valence-corrected chi connectivity index (χ1v) is 7.56. The zero-order valence-corrected chi connectivity index (χ0v) is 13.2. The maximum atomic E-state index is 12.2. The van der Waals surface area contributed by atoms with E-state index in [1.54, 1.807) is 35.5 Å². The summed E-state index contributed by atoms with van der Waals surface area (Å²) in [5.41, 5.74) is 6.00. The first kappa shape index (κ1) is 15.4. The van der Waals surface area contributed by atoms with Crippen molar-refractivity contribution in [1.82, 2.24) is 5.59 Å². The van der Waals surface area contributed by atoms with E-state index < -0.39 is 5.97 Å². The van der Waals surface area contributed by atoms with Gasteiger partial charge in [-0.25, -0.2) is 9.80 Å². The average Bonchev–Trinajstić information content (AvgIpc) is 3.09. The Balaban J connectivity index is 1.73. The molecular formula is C17H15ClN2O3. The van der Waals surface area contributed by atoms with Gasteiger partial charge in [0.25, 0.3) is 0 Å². The molecule has 0 saturated heterocycles. The minimum Gasteiger partial charge on any atom is -0.423 e. The molecule has 0 aliphatic carbocycles. The first-order chi connectivity index (χ1) is 11.2. The van der Waals surface area contributed by atoms with Crippen LogP contribution in [-0.2, 0) is 10.7 Å². The van der Waals surface area contributed by atoms with Crippen LogP contribution in [0.1, 0.15) is 21.5 Å². The molecule has 0 amide bonds. The third-order valence-electron chi connectivity index (χ3n) is 3.41. The van der Waals surface area contributed by atoms with Crippen molar-refractivity contribution in [1.29, 1.82) is 0 Å². The number of alkyl halides is 1. The summed E-state index contributed by atoms with van der Waals surface area (Å²) in [6.07, 6.45) is 3.30. The summed E-state index contributed by atoms with van der Waals surface area (Å²) in [6, 6.07) is 12.4. The van der Waals surface area contributed by atoms with Gasteiger partial charge in [0, 0.05) is 5.88 Å². The molecule has 2 aromatic rings. The van der Waals surface area contributed by atoms with Crippen LogP contribution in [0, 0.1) is 6.92 Å². The fourth-order valence-electron chi connectivity index (χ4n) is 2.20. The number of rotatable bonds is 4. The Hall–Kier alpha value is -2.50. The second-order valence-electron chi connectivity index (χ2n) is 5.03. The molecule has 0 aromatic heterocycles. The van der Waals surface area contributed by atoms with E-state index in [-0.39, 0.29) is 0 Å². The number of aryl methyl sites for hydroxylation is 1. The van der Waals surface area contributed by atoms with Crippen LogP contribution in [0.5, 0.6) is 5.75 Å². The number of hydrogen-bond acceptors (Lipinski definition) is 5. The molecule has 0 spiro atoms. The normalized spacial score (nSPS) is 13.0. The van der Waals surface area contributed by atoms with Crippen molar-refractivity contribution in [3.05, 3.63) is 71.6 Å². The molecule has 0 fully saturated rings. The fourth-order valence-corrected chi connectivity index (χ4v) is 2.37. The number of nitrogens with zero attached hydrogens (tertiary/aromatic N) is 1. The molecule has 5 nitrogen and oxygen atoms in total. The van der Waals surface area contributed by atoms with Crippen molar-refractivity contribution in [2.24, 2.45) is 0 Å². The number of hydrogen-bond donors (Lipinski definition) is 1. The molecule has 6 heteroatoms. The highest BCUT2D eigenvalue weighted by Crippen LogP contribution is 2.25. The van der Waals surface area contributed by atoms with E-state index in [0.717, 1.165) is 16.8 Å². The summed E-state index contributed by atoms with van der Waals surface area (Å²) < 4.78 is 5.41. The molecule has 118 valence electrons. The number of ether oxygens (including phenoxy) is 1. The van der Waals surface area contributed by atoms with E-state index >= 15 is 0 Å². The Morgan fingerprint density at radius 2 is 2.04 bits per heavy atom. The van der Waals surface area contributed by atoms with E-state index in [4.69, 9.17) is 21.2 Å². The lowest BCUT2D eigenvalue weighted by Gasteiger charge is -2.17. The number of halogens is 1. The van der Waals surface area contributed by atoms with Gasteiger partial charge < -0.3 is 9.57 Å². The summed E-state index contributed by atoms with van der Waals surface area (Å²) >= 11 is 5.74. The first-order valence-electron chi connectivity index (χ1n) is 7.02. The van der Waals surface area contributed by atoms with Crippen molar-refractivity contribution in [2.45, 2.75) is 12.8 Å². The van der Waals surface area contributed by atoms with Crippen molar-refractivity contribution in [3.63, 3.8) is 0 Å². The van der Waals surface area contributed by atoms with Gasteiger partial charge >= 0.3 is 5.97 Å². The highest BCUT2D eigenvalue weighted by atomic mass is 35.5. The van der Waals surface area contributed by atoms with Crippen LogP contribution in [0.25, 0.3) is 0 Å². The topological polar surface area (TPSA) is 50.8 Å². The van der Waals surface area contributed by atoms with Crippen LogP contribution in [-0.4, -0.2) is 5.97 Å². The minimum atomic E-state index is -0.402. The van der Waals surface area contributed by atoms with Crippen LogP contribution in [0.4, 0.5) is 5.69 Å². The predicted octanol–water partition coefficient (Wildman–Crippen LogP) is 3.68. The molecule has 0 saturated carbocycles. The van der Waals surface area contributed by atoms with Gasteiger partial charge in [-0.1, -0.05) is 17.7 Å². The van der Waals surface area contributed by atoms with Gasteiger partial charge in [-0.15, -0.1) is 11.6 Å². The van der Waals surface area contributed by atoms with Gasteiger partial charge in [-0.2, -0.15) is 0 Å². The molecule has 1 heterocycles. The van der Waals surface area contributed by atoms with Crippen molar-refractivity contribution in [2.75, 3.05) is 5.01 Å². The van der Waals surface area contributed by atoms with E-state index in [0.29, 0.717) is 17.2 Å². The van der Waals surface area contributed by atoms with Gasteiger partial charge in [0.05, 0.1) is 17.5 Å². The zero-order valence-electron chi connectivity index (χ0n) is 12.5. The van der Waals surface area contributed by atoms with E-state index in [1.807, 2.05) is 25.1 Å². The standard InChI is InChI=1S/C17H15ClN2O3/c1-12-10-15(6-7-16(12)20-8-9-22-19-20)23-17(21)14-4-2-13(11-18)3-5-14/h2-10,19H,11H2,1H3. The second kappa shape index (κ2) is 6.73. The quantitative estimate of drug-likeness (QED) is 0.526. The lowest BCUT2D eigenvalue weighted by molar-refractivity contribution is 0.0734.